The monoisotopic (exact) mass is 299 g/mol. The number of aryl methyl sites for hydroxylation is 1. The quantitative estimate of drug-likeness (QED) is 0.688. The van der Waals surface area contributed by atoms with Crippen LogP contribution in [0.4, 0.5) is 5.82 Å². The number of carbonyl (C=O) groups is 1. The second-order valence-corrected chi connectivity index (χ2v) is 5.63. The van der Waals surface area contributed by atoms with Gasteiger partial charge in [0, 0.05) is 24.2 Å². The first-order valence-corrected chi connectivity index (χ1v) is 6.77. The van der Waals surface area contributed by atoms with E-state index in [0.717, 1.165) is 23.1 Å². The van der Waals surface area contributed by atoms with E-state index in [1.165, 1.54) is 6.07 Å². The SMILES string of the molecule is Cc1nc([N+](=O)[O-])c(Sc2csc(C(=O)O)c2)n1C. The number of hydrogen-bond acceptors (Lipinski definition) is 6. The van der Waals surface area contributed by atoms with Crippen molar-refractivity contribution in [1.82, 2.24) is 9.55 Å². The molecule has 0 bridgehead atoms. The molecule has 0 saturated carbocycles. The normalized spacial score (nSPS) is 10.6. The average molecular weight is 299 g/mol. The van der Waals surface area contributed by atoms with Crippen LogP contribution >= 0.6 is 23.1 Å². The lowest BCUT2D eigenvalue weighted by molar-refractivity contribution is -0.392. The molecule has 0 aromatic carbocycles. The van der Waals surface area contributed by atoms with E-state index in [1.807, 2.05) is 0 Å². The molecule has 2 aromatic heterocycles. The van der Waals surface area contributed by atoms with E-state index in [-0.39, 0.29) is 10.7 Å². The molecule has 0 saturated heterocycles. The van der Waals surface area contributed by atoms with Crippen LogP contribution in [-0.2, 0) is 7.05 Å². The van der Waals surface area contributed by atoms with Gasteiger partial charge >= 0.3 is 11.8 Å². The first-order chi connectivity index (χ1) is 8.90. The van der Waals surface area contributed by atoms with Crippen LogP contribution in [0.2, 0.25) is 0 Å². The van der Waals surface area contributed by atoms with Gasteiger partial charge in [-0.25, -0.2) is 4.79 Å². The van der Waals surface area contributed by atoms with Crippen LogP contribution in [0.1, 0.15) is 15.5 Å². The molecule has 2 rings (SSSR count). The Hall–Kier alpha value is -1.87. The summed E-state index contributed by atoms with van der Waals surface area (Å²) in [7, 11) is 1.68. The van der Waals surface area contributed by atoms with Gasteiger partial charge < -0.3 is 15.2 Å². The van der Waals surface area contributed by atoms with E-state index in [4.69, 9.17) is 5.11 Å². The summed E-state index contributed by atoms with van der Waals surface area (Å²) >= 11 is 2.22. The van der Waals surface area contributed by atoms with Crippen molar-refractivity contribution < 1.29 is 14.8 Å². The smallest absolute Gasteiger partial charge is 0.396 e. The van der Waals surface area contributed by atoms with Gasteiger partial charge in [0.2, 0.25) is 5.82 Å². The van der Waals surface area contributed by atoms with Gasteiger partial charge in [-0.1, -0.05) is 11.8 Å². The number of carboxylic acids is 1. The molecule has 19 heavy (non-hydrogen) atoms. The number of aromatic nitrogens is 2. The first-order valence-electron chi connectivity index (χ1n) is 5.07. The molecule has 0 atom stereocenters. The summed E-state index contributed by atoms with van der Waals surface area (Å²) in [5.41, 5.74) is 0. The fraction of sp³-hybridized carbons (Fsp3) is 0.200. The molecule has 100 valence electrons. The third-order valence-corrected chi connectivity index (χ3v) is 4.61. The van der Waals surface area contributed by atoms with Crippen molar-refractivity contribution in [2.45, 2.75) is 16.8 Å². The maximum atomic E-state index is 10.9. The summed E-state index contributed by atoms with van der Waals surface area (Å²) in [6.07, 6.45) is 0. The molecular formula is C10H9N3O4S2. The zero-order chi connectivity index (χ0) is 14.2. The van der Waals surface area contributed by atoms with Gasteiger partial charge in [-0.05, 0) is 16.0 Å². The Morgan fingerprint density at radius 1 is 1.63 bits per heavy atom. The van der Waals surface area contributed by atoms with Gasteiger partial charge in [0.05, 0.1) is 0 Å². The van der Waals surface area contributed by atoms with Crippen LogP contribution < -0.4 is 0 Å². The van der Waals surface area contributed by atoms with Gasteiger partial charge in [0.25, 0.3) is 0 Å². The predicted molar refractivity (Wildman–Crippen MR) is 70.0 cm³/mol. The van der Waals surface area contributed by atoms with Crippen LogP contribution in [0.25, 0.3) is 0 Å². The molecule has 7 nitrogen and oxygen atoms in total. The van der Waals surface area contributed by atoms with Crippen molar-refractivity contribution in [3.63, 3.8) is 0 Å². The molecule has 0 spiro atoms. The molecule has 2 heterocycles. The Labute approximate surface area is 116 Å². The standard InChI is InChI=1S/C10H9N3O4S2/c1-5-11-8(13(16)17)9(12(5)2)19-6-3-7(10(14)15)18-4-6/h3-4H,1-2H3,(H,14,15). The maximum Gasteiger partial charge on any atom is 0.396 e. The summed E-state index contributed by atoms with van der Waals surface area (Å²) < 4.78 is 1.61. The van der Waals surface area contributed by atoms with Gasteiger partial charge in [0.15, 0.2) is 5.03 Å². The van der Waals surface area contributed by atoms with Crippen LogP contribution in [0.3, 0.4) is 0 Å². The number of hydrogen-bond donors (Lipinski definition) is 1. The summed E-state index contributed by atoms with van der Waals surface area (Å²) in [6.45, 7) is 1.67. The number of nitro groups is 1. The average Bonchev–Trinajstić information content (AvgIpc) is 2.89. The van der Waals surface area contributed by atoms with Crippen molar-refractivity contribution in [2.75, 3.05) is 0 Å². The lowest BCUT2D eigenvalue weighted by Crippen LogP contribution is -1.94. The Morgan fingerprint density at radius 3 is 2.84 bits per heavy atom. The van der Waals surface area contributed by atoms with Crippen molar-refractivity contribution in [3.8, 4) is 0 Å². The van der Waals surface area contributed by atoms with E-state index in [9.17, 15) is 14.9 Å². The minimum atomic E-state index is -1.01. The molecule has 0 aliphatic carbocycles. The number of imidazole rings is 1. The topological polar surface area (TPSA) is 98.3 Å². The third-order valence-electron chi connectivity index (χ3n) is 2.42. The summed E-state index contributed by atoms with van der Waals surface area (Å²) in [6, 6.07) is 1.49. The van der Waals surface area contributed by atoms with Crippen molar-refractivity contribution in [3.05, 3.63) is 32.3 Å². The van der Waals surface area contributed by atoms with Crippen molar-refractivity contribution >= 4 is 34.9 Å². The van der Waals surface area contributed by atoms with E-state index in [1.54, 1.807) is 23.9 Å². The van der Waals surface area contributed by atoms with E-state index >= 15 is 0 Å². The van der Waals surface area contributed by atoms with Crippen LogP contribution in [0.15, 0.2) is 21.4 Å². The zero-order valence-electron chi connectivity index (χ0n) is 9.98. The number of nitrogens with zero attached hydrogens (tertiary/aromatic N) is 3. The van der Waals surface area contributed by atoms with Crippen LogP contribution in [-0.4, -0.2) is 25.6 Å². The highest BCUT2D eigenvalue weighted by molar-refractivity contribution is 7.99. The second kappa shape index (κ2) is 5.02. The number of thiophene rings is 1. The summed E-state index contributed by atoms with van der Waals surface area (Å²) in [5, 5.41) is 21.8. The fourth-order valence-electron chi connectivity index (χ4n) is 1.40. The minimum absolute atomic E-state index is 0.198. The summed E-state index contributed by atoms with van der Waals surface area (Å²) in [4.78, 5) is 25.9. The second-order valence-electron chi connectivity index (χ2n) is 3.66. The van der Waals surface area contributed by atoms with E-state index in [2.05, 4.69) is 4.98 Å². The first kappa shape index (κ1) is 13.6. The molecule has 0 radical (unpaired) electrons. The van der Waals surface area contributed by atoms with Crippen LogP contribution in [0.5, 0.6) is 0 Å². The van der Waals surface area contributed by atoms with Crippen molar-refractivity contribution in [2.24, 2.45) is 7.05 Å². The van der Waals surface area contributed by atoms with Gasteiger partial charge in [-0.15, -0.1) is 11.3 Å². The largest absolute Gasteiger partial charge is 0.477 e. The third kappa shape index (κ3) is 2.61. The zero-order valence-corrected chi connectivity index (χ0v) is 11.6. The molecule has 0 aliphatic rings. The number of aromatic carboxylic acids is 1. The maximum absolute atomic E-state index is 10.9. The Morgan fingerprint density at radius 2 is 2.32 bits per heavy atom. The van der Waals surface area contributed by atoms with Crippen LogP contribution in [0, 0.1) is 17.0 Å². The Kier molecular flexibility index (Phi) is 3.58. The highest BCUT2D eigenvalue weighted by atomic mass is 32.2. The molecule has 1 N–H and O–H groups in total. The molecular weight excluding hydrogens is 290 g/mol. The number of carboxylic acid groups (broad SMARTS) is 1. The van der Waals surface area contributed by atoms with E-state index in [0.29, 0.717) is 15.7 Å². The van der Waals surface area contributed by atoms with Gasteiger partial charge in [-0.2, -0.15) is 0 Å². The fourth-order valence-corrected chi connectivity index (χ4v) is 3.30. The van der Waals surface area contributed by atoms with E-state index < -0.39 is 10.9 Å². The molecule has 0 unspecified atom stereocenters. The predicted octanol–water partition coefficient (Wildman–Crippen LogP) is 2.55. The number of rotatable bonds is 4. The molecule has 0 fully saturated rings. The lowest BCUT2D eigenvalue weighted by Gasteiger charge is -1.99. The lowest BCUT2D eigenvalue weighted by atomic mass is 10.5. The molecule has 0 aliphatic heterocycles. The highest BCUT2D eigenvalue weighted by Gasteiger charge is 2.24. The Balaban J connectivity index is 2.37. The molecule has 9 heteroatoms. The summed E-state index contributed by atoms with van der Waals surface area (Å²) in [5.74, 6) is -0.691. The minimum Gasteiger partial charge on any atom is -0.477 e. The van der Waals surface area contributed by atoms with Crippen molar-refractivity contribution in [1.29, 1.82) is 0 Å². The Bertz CT molecular complexity index is 662. The molecule has 0 amide bonds. The van der Waals surface area contributed by atoms with Gasteiger partial charge in [-0.3, -0.25) is 4.57 Å². The van der Waals surface area contributed by atoms with Gasteiger partial charge in [0.1, 0.15) is 4.88 Å². The highest BCUT2D eigenvalue weighted by Crippen LogP contribution is 2.36. The molecule has 2 aromatic rings.